The zero-order chi connectivity index (χ0) is 36.0. The monoisotopic (exact) mass is 702 g/mol. The largest absolute Gasteiger partial charge is 0.504 e. The van der Waals surface area contributed by atoms with Gasteiger partial charge in [-0.2, -0.15) is 0 Å². The lowest BCUT2D eigenvalue weighted by atomic mass is 9.86. The van der Waals surface area contributed by atoms with Crippen LogP contribution in [-0.4, -0.2) is 153 Å². The number of phenolic OH excluding ortho intramolecular Hbond substituents is 2. The first-order chi connectivity index (χ1) is 23.3. The molecule has 0 aromatic heterocycles. The van der Waals surface area contributed by atoms with E-state index in [-0.39, 0.29) is 35.7 Å². The van der Waals surface area contributed by atoms with Crippen LogP contribution < -0.4 is 0 Å². The second-order valence-corrected chi connectivity index (χ2v) is 11.6. The van der Waals surface area contributed by atoms with Crippen LogP contribution in [0.3, 0.4) is 0 Å². The van der Waals surface area contributed by atoms with E-state index in [0.717, 1.165) is 13.4 Å². The van der Waals surface area contributed by atoms with Crippen LogP contribution in [0.25, 0.3) is 0 Å². The molecule has 2 fully saturated rings. The summed E-state index contributed by atoms with van der Waals surface area (Å²) < 4.78 is 37.9. The van der Waals surface area contributed by atoms with Crippen molar-refractivity contribution in [3.63, 3.8) is 0 Å². The molecule has 9 N–H and O–H groups in total. The highest BCUT2D eigenvalue weighted by atomic mass is 16.8. The average molecular weight is 703 g/mol. The van der Waals surface area contributed by atoms with Crippen LogP contribution in [0.15, 0.2) is 41.7 Å². The summed E-state index contributed by atoms with van der Waals surface area (Å²) in [7, 11) is 1.11. The van der Waals surface area contributed by atoms with Crippen molar-refractivity contribution in [2.45, 2.75) is 87.5 Å². The molecule has 0 radical (unpaired) electrons. The number of carbonyl (C=O) groups is 2. The minimum atomic E-state index is -1.77. The van der Waals surface area contributed by atoms with E-state index in [9.17, 15) is 55.5 Å². The van der Waals surface area contributed by atoms with E-state index >= 15 is 0 Å². The highest BCUT2D eigenvalue weighted by Crippen LogP contribution is 2.36. The fraction of sp³-hybridized carbons (Fsp3) is 0.613. The van der Waals surface area contributed by atoms with Crippen LogP contribution in [0, 0.1) is 5.92 Å². The Morgan fingerprint density at radius 3 is 2.16 bits per heavy atom. The van der Waals surface area contributed by atoms with Gasteiger partial charge in [0.05, 0.1) is 38.6 Å². The minimum absolute atomic E-state index is 0.0633. The fourth-order valence-corrected chi connectivity index (χ4v) is 5.54. The van der Waals surface area contributed by atoms with E-state index in [1.165, 1.54) is 18.2 Å². The van der Waals surface area contributed by atoms with Crippen molar-refractivity contribution in [3.8, 4) is 11.5 Å². The zero-order valence-corrected chi connectivity index (χ0v) is 26.5. The van der Waals surface area contributed by atoms with E-state index in [2.05, 4.69) is 0 Å². The fourth-order valence-electron chi connectivity index (χ4n) is 5.54. The van der Waals surface area contributed by atoms with Crippen LogP contribution in [0.2, 0.25) is 0 Å². The number of phenols is 2. The summed E-state index contributed by atoms with van der Waals surface area (Å²) >= 11 is 0. The molecule has 274 valence electrons. The van der Waals surface area contributed by atoms with Crippen LogP contribution in [-0.2, 0) is 49.2 Å². The Morgan fingerprint density at radius 2 is 1.53 bits per heavy atom. The third-order valence-corrected chi connectivity index (χ3v) is 8.39. The molecule has 12 atom stereocenters. The molecule has 49 heavy (non-hydrogen) atoms. The van der Waals surface area contributed by atoms with E-state index in [1.54, 1.807) is 13.0 Å². The molecule has 0 unspecified atom stereocenters. The zero-order valence-electron chi connectivity index (χ0n) is 26.5. The lowest BCUT2D eigenvalue weighted by Crippen LogP contribution is -2.60. The van der Waals surface area contributed by atoms with Crippen molar-refractivity contribution in [1.29, 1.82) is 0 Å². The number of aliphatic hydroxyl groups is 7. The van der Waals surface area contributed by atoms with Gasteiger partial charge in [-0.25, -0.2) is 4.79 Å². The predicted molar refractivity (Wildman–Crippen MR) is 159 cm³/mol. The second kappa shape index (κ2) is 17.0. The Hall–Kier alpha value is -3.40. The van der Waals surface area contributed by atoms with Gasteiger partial charge in [0.15, 0.2) is 24.1 Å². The molecule has 0 bridgehead atoms. The lowest BCUT2D eigenvalue weighted by molar-refractivity contribution is -0.327. The van der Waals surface area contributed by atoms with Crippen LogP contribution in [0.4, 0.5) is 0 Å². The minimum Gasteiger partial charge on any atom is -0.504 e. The number of benzene rings is 1. The SMILES string of the molecule is C/C=C1\[C@H](O[C@@H]2O[C@H](CO)[C@@H](O)[C@H](O)[C@H]2O)OC=C(C(=O)OC)[C@H]1CC(=O)OC[C@@H]1O[C@H](OCCc2ccc(O)c(O)c2)[C@@H](O)[C@H](O)[C@H]1O. The normalized spacial score (nSPS) is 35.7. The lowest BCUT2D eigenvalue weighted by Gasteiger charge is -2.42. The van der Waals surface area contributed by atoms with Gasteiger partial charge in [0.25, 0.3) is 0 Å². The Balaban J connectivity index is 1.39. The molecule has 2 saturated heterocycles. The maximum atomic E-state index is 13.1. The summed E-state index contributed by atoms with van der Waals surface area (Å²) in [5, 5.41) is 90.5. The molecule has 0 amide bonds. The molecule has 0 aliphatic carbocycles. The van der Waals surface area contributed by atoms with Crippen LogP contribution in [0.5, 0.6) is 11.5 Å². The summed E-state index contributed by atoms with van der Waals surface area (Å²) in [6.07, 6.45) is -15.1. The van der Waals surface area contributed by atoms with Gasteiger partial charge in [-0.05, 0) is 31.0 Å². The molecular formula is C31H42O18. The number of aliphatic hydroxyl groups excluding tert-OH is 7. The molecule has 3 aliphatic heterocycles. The highest BCUT2D eigenvalue weighted by molar-refractivity contribution is 5.90. The van der Waals surface area contributed by atoms with Crippen molar-refractivity contribution in [1.82, 2.24) is 0 Å². The Morgan fingerprint density at radius 1 is 0.878 bits per heavy atom. The van der Waals surface area contributed by atoms with Crippen molar-refractivity contribution >= 4 is 11.9 Å². The second-order valence-electron chi connectivity index (χ2n) is 11.6. The van der Waals surface area contributed by atoms with E-state index in [4.69, 9.17) is 33.2 Å². The number of esters is 2. The molecular weight excluding hydrogens is 660 g/mol. The highest BCUT2D eigenvalue weighted by Gasteiger charge is 2.48. The average Bonchev–Trinajstić information content (AvgIpc) is 3.09. The van der Waals surface area contributed by atoms with E-state index in [0.29, 0.717) is 5.56 Å². The van der Waals surface area contributed by atoms with Gasteiger partial charge < -0.3 is 79.1 Å². The number of hydrogen-bond acceptors (Lipinski definition) is 18. The summed E-state index contributed by atoms with van der Waals surface area (Å²) in [6.45, 7) is 0.170. The third-order valence-electron chi connectivity index (χ3n) is 8.39. The summed E-state index contributed by atoms with van der Waals surface area (Å²) in [5.41, 5.74) is 0.658. The van der Waals surface area contributed by atoms with Gasteiger partial charge in [-0.3, -0.25) is 4.79 Å². The summed E-state index contributed by atoms with van der Waals surface area (Å²) in [6, 6.07) is 4.15. The van der Waals surface area contributed by atoms with Gasteiger partial charge in [0, 0.05) is 11.5 Å². The third kappa shape index (κ3) is 8.86. The standard InChI is InChI=1S/C31H42O18/c1-3-14-15(16(28(42)43-2)11-46-29(14)49-31-27(41)24(38)22(36)19(10-32)47-31)9-21(35)45-12-20-23(37)25(39)26(40)30(48-20)44-7-6-13-4-5-17(33)18(34)8-13/h3-5,8,11,15,19-20,22-27,29-34,36-41H,6-7,9-10,12H2,1-2H3/b14-3-/t15-,19+,20-,22+,23-,24-,25+,26-,27+,29-,30-,31-/m0/s1. The molecule has 3 aliphatic rings. The number of aromatic hydroxyl groups is 2. The van der Waals surface area contributed by atoms with Gasteiger partial charge in [0.2, 0.25) is 6.29 Å². The molecule has 18 nitrogen and oxygen atoms in total. The predicted octanol–water partition coefficient (Wildman–Crippen LogP) is -2.81. The first-order valence-corrected chi connectivity index (χ1v) is 15.3. The Kier molecular flexibility index (Phi) is 13.3. The molecule has 3 heterocycles. The molecule has 18 heteroatoms. The van der Waals surface area contributed by atoms with Gasteiger partial charge in [0.1, 0.15) is 55.4 Å². The van der Waals surface area contributed by atoms with Gasteiger partial charge in [-0.15, -0.1) is 0 Å². The molecule has 0 spiro atoms. The summed E-state index contributed by atoms with van der Waals surface area (Å²) in [5.74, 6) is -3.47. The first kappa shape index (κ1) is 38.4. The van der Waals surface area contributed by atoms with Crippen molar-refractivity contribution in [2.24, 2.45) is 5.92 Å². The number of allylic oxidation sites excluding steroid dienone is 1. The number of methoxy groups -OCH3 is 1. The number of hydrogen-bond donors (Lipinski definition) is 9. The number of rotatable bonds is 12. The first-order valence-electron chi connectivity index (χ1n) is 15.3. The maximum Gasteiger partial charge on any atom is 0.337 e. The molecule has 0 saturated carbocycles. The van der Waals surface area contributed by atoms with Crippen molar-refractivity contribution < 1.29 is 88.7 Å². The van der Waals surface area contributed by atoms with Gasteiger partial charge in [-0.1, -0.05) is 12.1 Å². The van der Waals surface area contributed by atoms with E-state index in [1.807, 2.05) is 0 Å². The van der Waals surface area contributed by atoms with Crippen molar-refractivity contribution in [3.05, 3.63) is 47.2 Å². The summed E-state index contributed by atoms with van der Waals surface area (Å²) in [4.78, 5) is 25.7. The topological polar surface area (TPSA) is 281 Å². The number of ether oxygens (including phenoxy) is 7. The number of carbonyl (C=O) groups excluding carboxylic acids is 2. The molecule has 1 aromatic carbocycles. The van der Waals surface area contributed by atoms with Crippen molar-refractivity contribution in [2.75, 3.05) is 26.9 Å². The Bertz CT molecular complexity index is 1350. The smallest absolute Gasteiger partial charge is 0.337 e. The van der Waals surface area contributed by atoms with Crippen LogP contribution >= 0.6 is 0 Å². The molecule has 4 rings (SSSR count). The van der Waals surface area contributed by atoms with Crippen LogP contribution in [0.1, 0.15) is 18.9 Å². The maximum absolute atomic E-state index is 13.1. The van der Waals surface area contributed by atoms with E-state index < -0.39 is 105 Å². The molecule has 1 aromatic rings. The van der Waals surface area contributed by atoms with Gasteiger partial charge >= 0.3 is 11.9 Å². The quantitative estimate of drug-likeness (QED) is 0.0604. The Labute approximate surface area is 279 Å².